The van der Waals surface area contributed by atoms with Gasteiger partial charge in [0.2, 0.25) is 0 Å². The van der Waals surface area contributed by atoms with Gasteiger partial charge in [0, 0.05) is 55.0 Å². The minimum absolute atomic E-state index is 0.179. The van der Waals surface area contributed by atoms with Crippen molar-refractivity contribution in [3.8, 4) is 79.2 Å². The lowest BCUT2D eigenvalue weighted by molar-refractivity contribution is -0.137. The van der Waals surface area contributed by atoms with Gasteiger partial charge in [-0.1, -0.05) is 24.3 Å². The predicted molar refractivity (Wildman–Crippen MR) is 317 cm³/mol. The van der Waals surface area contributed by atoms with Gasteiger partial charge in [-0.2, -0.15) is 13.2 Å². The molecule has 0 amide bonds. The summed E-state index contributed by atoms with van der Waals surface area (Å²) in [5.74, 6) is 6.71. The minimum atomic E-state index is -4.68. The molecule has 19 heteroatoms. The van der Waals surface area contributed by atoms with Gasteiger partial charge in [-0.25, -0.2) is 69.5 Å². The smallest absolute Gasteiger partial charge is 0.309 e. The van der Waals surface area contributed by atoms with E-state index in [1.807, 2.05) is 140 Å². The summed E-state index contributed by atoms with van der Waals surface area (Å²) in [4.78, 5) is 63.1. The number of alkyl halides is 3. The summed E-state index contributed by atoms with van der Waals surface area (Å²) in [5, 5.41) is 3.43. The molecule has 0 saturated carbocycles. The number of aryl methyl sites for hydroxylation is 8. The first-order chi connectivity index (χ1) is 40.4. The fourth-order valence-corrected chi connectivity index (χ4v) is 11.3. The van der Waals surface area contributed by atoms with Crippen molar-refractivity contribution in [3.05, 3.63) is 202 Å². The largest absolute Gasteiger partial charge is 0.415 e. The fourth-order valence-electron chi connectivity index (χ4n) is 11.3. The first-order valence-corrected chi connectivity index (χ1v) is 26.6. The Morgan fingerprint density at radius 3 is 1.07 bits per heavy atom. The van der Waals surface area contributed by atoms with Crippen LogP contribution in [0.25, 0.3) is 132 Å². The molecule has 0 saturated heterocycles. The number of nitrogens with zero attached hydrogens (tertiary/aromatic N) is 16. The molecule has 6 heterocycles. The molecule has 0 unspecified atom stereocenters. The van der Waals surface area contributed by atoms with E-state index in [4.69, 9.17) is 53.0 Å². The van der Waals surface area contributed by atoms with Crippen molar-refractivity contribution in [2.24, 2.45) is 0 Å². The molecule has 0 bridgehead atoms. The molecule has 0 spiro atoms. The maximum absolute atomic E-state index is 14.2. The molecular weight excluding hydrogens is 1060 g/mol. The van der Waals surface area contributed by atoms with Crippen LogP contribution in [0.5, 0.6) is 0 Å². The van der Waals surface area contributed by atoms with E-state index in [0.29, 0.717) is 104 Å². The summed E-state index contributed by atoms with van der Waals surface area (Å²) < 4.78 is 46.9. The molecule has 16 nitrogen and oxygen atoms in total. The lowest BCUT2D eigenvalue weighted by Gasteiger charge is -2.19. The highest BCUT2D eigenvalue weighted by atomic mass is 19.4. The third-order valence-electron chi connectivity index (χ3n) is 14.6. The van der Waals surface area contributed by atoms with Crippen LogP contribution in [-0.4, -0.2) is 68.9 Å². The van der Waals surface area contributed by atoms with Crippen molar-refractivity contribution in [2.45, 2.75) is 61.6 Å². The van der Waals surface area contributed by atoms with Crippen LogP contribution >= 0.6 is 0 Å². The monoisotopic (exact) mass is 1110 g/mol. The van der Waals surface area contributed by atoms with Gasteiger partial charge in [0.25, 0.3) is 0 Å². The molecule has 13 rings (SSSR count). The number of hydrogen-bond acceptors (Lipinski definition) is 12. The summed E-state index contributed by atoms with van der Waals surface area (Å²) in [6, 6.07) is 38.6. The van der Waals surface area contributed by atoms with E-state index in [1.54, 1.807) is 12.1 Å². The average Bonchev–Trinajstić information content (AvgIpc) is 1.99. The van der Waals surface area contributed by atoms with Crippen molar-refractivity contribution in [2.75, 3.05) is 0 Å². The van der Waals surface area contributed by atoms with Gasteiger partial charge >= 0.3 is 6.18 Å². The molecule has 0 aliphatic heterocycles. The van der Waals surface area contributed by atoms with E-state index >= 15 is 0 Å². The van der Waals surface area contributed by atoms with E-state index in [1.165, 1.54) is 6.07 Å². The standard InChI is InChI=1S/C65H45F3N16/c1-32-71-33(2)76-61(75-32)41-12-21-56-50(26-41)51-27-42(62-77-34(3)72-35(4)78-62)13-22-57(51)83(56)46-17-19-54(69-9)48(31-46)49-25-40(47-18-16-45(65(66,67)68)30-55(47)70-10)11-20-58(49)84-59-23-14-43(63-79-36(5)73-37(6)80-63)28-52(59)53-29-44(15-24-60(53)84)64-81-38(7)74-39(8)82-64/h11-31H,1-8H3. The van der Waals surface area contributed by atoms with Gasteiger partial charge in [-0.15, -0.1) is 0 Å². The normalized spacial score (nSPS) is 11.7. The van der Waals surface area contributed by atoms with E-state index in [-0.39, 0.29) is 11.3 Å². The van der Waals surface area contributed by atoms with Crippen molar-refractivity contribution < 1.29 is 13.2 Å². The molecule has 0 aliphatic rings. The van der Waals surface area contributed by atoms with Gasteiger partial charge < -0.3 is 9.13 Å². The lowest BCUT2D eigenvalue weighted by atomic mass is 9.94. The van der Waals surface area contributed by atoms with Gasteiger partial charge in [-0.05, 0) is 181 Å². The molecule has 6 aromatic heterocycles. The highest BCUT2D eigenvalue weighted by Gasteiger charge is 2.31. The minimum Gasteiger partial charge on any atom is -0.309 e. The Morgan fingerprint density at radius 2 is 0.702 bits per heavy atom. The van der Waals surface area contributed by atoms with Gasteiger partial charge in [0.05, 0.1) is 40.9 Å². The topological polar surface area (TPSA) is 173 Å². The highest BCUT2D eigenvalue weighted by molar-refractivity contribution is 6.13. The highest BCUT2D eigenvalue weighted by Crippen LogP contribution is 2.46. The molecule has 84 heavy (non-hydrogen) atoms. The van der Waals surface area contributed by atoms with Gasteiger partial charge in [0.15, 0.2) is 34.7 Å². The van der Waals surface area contributed by atoms with Crippen LogP contribution in [0.15, 0.2) is 127 Å². The van der Waals surface area contributed by atoms with Crippen LogP contribution in [0.3, 0.4) is 0 Å². The number of halogens is 3. The third-order valence-corrected chi connectivity index (χ3v) is 14.6. The van der Waals surface area contributed by atoms with Gasteiger partial charge in [-0.3, -0.25) is 0 Å². The molecule has 406 valence electrons. The Morgan fingerprint density at radius 1 is 0.333 bits per heavy atom. The maximum Gasteiger partial charge on any atom is 0.415 e. The Balaban J connectivity index is 1.09. The summed E-state index contributed by atoms with van der Waals surface area (Å²) >= 11 is 0. The molecule has 0 atom stereocenters. The molecule has 0 N–H and O–H groups in total. The van der Waals surface area contributed by atoms with E-state index in [2.05, 4.69) is 50.9 Å². The second-order valence-electron chi connectivity index (χ2n) is 20.5. The van der Waals surface area contributed by atoms with Gasteiger partial charge in [0.1, 0.15) is 46.6 Å². The number of fused-ring (bicyclic) bond motifs is 6. The number of rotatable bonds is 8. The fraction of sp³-hybridized carbons (Fsp3) is 0.138. The zero-order valence-corrected chi connectivity index (χ0v) is 46.4. The molecule has 0 aliphatic carbocycles. The van der Waals surface area contributed by atoms with Crippen molar-refractivity contribution in [1.82, 2.24) is 68.9 Å². The lowest BCUT2D eigenvalue weighted by Crippen LogP contribution is -2.04. The van der Waals surface area contributed by atoms with E-state index < -0.39 is 11.7 Å². The second kappa shape index (κ2) is 19.9. The first kappa shape index (κ1) is 52.3. The van der Waals surface area contributed by atoms with Crippen molar-refractivity contribution in [1.29, 1.82) is 0 Å². The molecule has 0 fully saturated rings. The van der Waals surface area contributed by atoms with E-state index in [9.17, 15) is 13.2 Å². The number of benzene rings is 7. The summed E-state index contributed by atoms with van der Waals surface area (Å²) in [6.07, 6.45) is -4.68. The average molecular weight is 1110 g/mol. The second-order valence-corrected chi connectivity index (χ2v) is 20.5. The third kappa shape index (κ3) is 9.23. The Labute approximate surface area is 478 Å². The van der Waals surface area contributed by atoms with E-state index in [0.717, 1.165) is 78.0 Å². The maximum atomic E-state index is 14.2. The Bertz CT molecular complexity index is 4750. The van der Waals surface area contributed by atoms with Crippen LogP contribution in [0.1, 0.15) is 52.2 Å². The molecule has 7 aromatic carbocycles. The summed E-state index contributed by atoms with van der Waals surface area (Å²) in [6.45, 7) is 31.5. The summed E-state index contributed by atoms with van der Waals surface area (Å²) in [5.41, 5.74) is 8.64. The SMILES string of the molecule is [C-]#[N+]c1cc(C(F)(F)F)ccc1-c1ccc(-n2c3ccc(-c4nc(C)nc(C)n4)cc3c3cc(-c4nc(C)nc(C)n4)ccc32)c(-c2cc(-n3c4ccc(-c5nc(C)nc(C)n5)cc4c4cc(-c5nc(C)nc(C)n5)ccc43)ccc2[N+]#[C-])c1. The molecular formula is C65H45F3N16. The zero-order chi connectivity index (χ0) is 58.5. The van der Waals surface area contributed by atoms with Crippen LogP contribution in [0, 0.1) is 68.5 Å². The first-order valence-electron chi connectivity index (χ1n) is 26.6. The van der Waals surface area contributed by atoms with Crippen LogP contribution in [0.4, 0.5) is 24.5 Å². The van der Waals surface area contributed by atoms with Crippen LogP contribution < -0.4 is 0 Å². The summed E-state index contributed by atoms with van der Waals surface area (Å²) in [7, 11) is 0. The molecule has 13 aromatic rings. The zero-order valence-electron chi connectivity index (χ0n) is 46.4. The van der Waals surface area contributed by atoms with Crippen LogP contribution in [0.2, 0.25) is 0 Å². The Kier molecular flexibility index (Phi) is 12.4. The predicted octanol–water partition coefficient (Wildman–Crippen LogP) is 15.2. The number of aromatic nitrogens is 14. The van der Waals surface area contributed by atoms with Crippen molar-refractivity contribution in [3.63, 3.8) is 0 Å². The van der Waals surface area contributed by atoms with Crippen molar-refractivity contribution >= 4 is 55.0 Å². The Hall–Kier alpha value is -11.1. The van der Waals surface area contributed by atoms with Crippen LogP contribution in [-0.2, 0) is 6.18 Å². The molecule has 0 radical (unpaired) electrons. The quantitative estimate of drug-likeness (QED) is 0.132. The number of hydrogen-bond donors (Lipinski definition) is 0.